The Balaban J connectivity index is 1.81. The van der Waals surface area contributed by atoms with Gasteiger partial charge in [0.25, 0.3) is 0 Å². The van der Waals surface area contributed by atoms with Gasteiger partial charge in [0, 0.05) is 6.42 Å². The van der Waals surface area contributed by atoms with E-state index in [1.165, 1.54) is 0 Å². The molecule has 2 amide bonds. The van der Waals surface area contributed by atoms with Crippen LogP contribution in [-0.4, -0.2) is 23.0 Å². The SMILES string of the molecule is O=C1CCCC(C(=O)N[C@@H](c2ccccc2)[C@H](O)c2ccccc2)N1. The van der Waals surface area contributed by atoms with E-state index in [2.05, 4.69) is 10.6 Å². The zero-order chi connectivity index (χ0) is 17.6. The molecule has 1 unspecified atom stereocenters. The third-order valence-electron chi connectivity index (χ3n) is 4.46. The van der Waals surface area contributed by atoms with Crippen molar-refractivity contribution in [1.82, 2.24) is 10.6 Å². The predicted octanol–water partition coefficient (Wildman–Crippen LogP) is 2.25. The van der Waals surface area contributed by atoms with Gasteiger partial charge in [-0.05, 0) is 24.0 Å². The lowest BCUT2D eigenvalue weighted by Gasteiger charge is -2.29. The van der Waals surface area contributed by atoms with E-state index in [1.54, 1.807) is 0 Å². The van der Waals surface area contributed by atoms with E-state index in [0.29, 0.717) is 19.3 Å². The first-order valence-electron chi connectivity index (χ1n) is 8.53. The fourth-order valence-electron chi connectivity index (χ4n) is 3.10. The van der Waals surface area contributed by atoms with Crippen LogP contribution in [0.25, 0.3) is 0 Å². The van der Waals surface area contributed by atoms with Gasteiger partial charge in [-0.2, -0.15) is 0 Å². The largest absolute Gasteiger partial charge is 0.386 e. The van der Waals surface area contributed by atoms with Gasteiger partial charge in [0.2, 0.25) is 11.8 Å². The molecule has 2 aromatic rings. The van der Waals surface area contributed by atoms with Crippen LogP contribution < -0.4 is 10.6 Å². The fraction of sp³-hybridized carbons (Fsp3) is 0.300. The van der Waals surface area contributed by atoms with E-state index >= 15 is 0 Å². The Morgan fingerprint density at radius 2 is 1.64 bits per heavy atom. The predicted molar refractivity (Wildman–Crippen MR) is 94.5 cm³/mol. The van der Waals surface area contributed by atoms with Gasteiger partial charge in [0.15, 0.2) is 0 Å². The Hall–Kier alpha value is -2.66. The molecular formula is C20H22N2O3. The molecule has 130 valence electrons. The van der Waals surface area contributed by atoms with Crippen LogP contribution in [0.1, 0.15) is 42.5 Å². The second kappa shape index (κ2) is 7.94. The third-order valence-corrected chi connectivity index (χ3v) is 4.46. The molecule has 1 fully saturated rings. The average molecular weight is 338 g/mol. The Bertz CT molecular complexity index is 718. The molecule has 1 aliphatic heterocycles. The maximum absolute atomic E-state index is 12.6. The second-order valence-corrected chi connectivity index (χ2v) is 6.26. The molecule has 5 heteroatoms. The van der Waals surface area contributed by atoms with Crippen molar-refractivity contribution < 1.29 is 14.7 Å². The second-order valence-electron chi connectivity index (χ2n) is 6.26. The van der Waals surface area contributed by atoms with Crippen LogP contribution in [0.4, 0.5) is 0 Å². The Kier molecular flexibility index (Phi) is 5.46. The normalized spacial score (nSPS) is 19.6. The number of hydrogen-bond acceptors (Lipinski definition) is 3. The minimum absolute atomic E-state index is 0.105. The zero-order valence-corrected chi connectivity index (χ0v) is 13.9. The van der Waals surface area contributed by atoms with E-state index in [1.807, 2.05) is 60.7 Å². The molecule has 3 atom stereocenters. The summed E-state index contributed by atoms with van der Waals surface area (Å²) in [5.74, 6) is -0.372. The Morgan fingerprint density at radius 3 is 2.24 bits per heavy atom. The molecule has 0 aromatic heterocycles. The number of nitrogens with one attached hydrogen (secondary N) is 2. The van der Waals surface area contributed by atoms with Crippen molar-refractivity contribution in [3.63, 3.8) is 0 Å². The summed E-state index contributed by atoms with van der Waals surface area (Å²) in [6.45, 7) is 0. The van der Waals surface area contributed by atoms with Crippen molar-refractivity contribution in [2.45, 2.75) is 37.5 Å². The van der Waals surface area contributed by atoms with Crippen molar-refractivity contribution in [3.05, 3.63) is 71.8 Å². The van der Waals surface area contributed by atoms with Gasteiger partial charge >= 0.3 is 0 Å². The molecular weight excluding hydrogens is 316 g/mol. The van der Waals surface area contributed by atoms with Crippen LogP contribution in [0.5, 0.6) is 0 Å². The molecule has 25 heavy (non-hydrogen) atoms. The van der Waals surface area contributed by atoms with E-state index in [-0.39, 0.29) is 11.8 Å². The van der Waals surface area contributed by atoms with Gasteiger partial charge < -0.3 is 15.7 Å². The first-order chi connectivity index (χ1) is 12.1. The minimum Gasteiger partial charge on any atom is -0.386 e. The molecule has 0 aliphatic carbocycles. The number of aliphatic hydroxyl groups is 1. The molecule has 0 radical (unpaired) electrons. The van der Waals surface area contributed by atoms with Gasteiger partial charge in [-0.1, -0.05) is 60.7 Å². The summed E-state index contributed by atoms with van der Waals surface area (Å²) in [5, 5.41) is 16.5. The van der Waals surface area contributed by atoms with Crippen LogP contribution in [0.15, 0.2) is 60.7 Å². The van der Waals surface area contributed by atoms with Gasteiger partial charge in [0.1, 0.15) is 12.1 Å². The fourth-order valence-corrected chi connectivity index (χ4v) is 3.10. The highest BCUT2D eigenvalue weighted by atomic mass is 16.3. The van der Waals surface area contributed by atoms with E-state index in [4.69, 9.17) is 0 Å². The summed E-state index contributed by atoms with van der Waals surface area (Å²) in [5.41, 5.74) is 1.54. The van der Waals surface area contributed by atoms with E-state index < -0.39 is 18.2 Å². The first kappa shape index (κ1) is 17.2. The topological polar surface area (TPSA) is 78.4 Å². The summed E-state index contributed by atoms with van der Waals surface area (Å²) in [7, 11) is 0. The highest BCUT2D eigenvalue weighted by Gasteiger charge is 2.30. The molecule has 1 aliphatic rings. The van der Waals surface area contributed by atoms with Gasteiger partial charge in [-0.25, -0.2) is 0 Å². The zero-order valence-electron chi connectivity index (χ0n) is 13.9. The molecule has 0 saturated carbocycles. The highest BCUT2D eigenvalue weighted by molar-refractivity contribution is 5.88. The Labute approximate surface area is 147 Å². The minimum atomic E-state index is -0.883. The lowest BCUT2D eigenvalue weighted by atomic mass is 9.95. The maximum Gasteiger partial charge on any atom is 0.243 e. The molecule has 1 heterocycles. The highest BCUT2D eigenvalue weighted by Crippen LogP contribution is 2.29. The van der Waals surface area contributed by atoms with Crippen LogP contribution >= 0.6 is 0 Å². The monoisotopic (exact) mass is 338 g/mol. The summed E-state index contributed by atoms with van der Waals surface area (Å²) in [6.07, 6.45) is 0.882. The van der Waals surface area contributed by atoms with Gasteiger partial charge in [0.05, 0.1) is 6.04 Å². The third kappa shape index (κ3) is 4.25. The van der Waals surface area contributed by atoms with Crippen molar-refractivity contribution in [1.29, 1.82) is 0 Å². The molecule has 0 bridgehead atoms. The summed E-state index contributed by atoms with van der Waals surface area (Å²) in [4.78, 5) is 24.2. The molecule has 1 saturated heterocycles. The van der Waals surface area contributed by atoms with Crippen molar-refractivity contribution in [2.24, 2.45) is 0 Å². The van der Waals surface area contributed by atoms with Crippen LogP contribution in [-0.2, 0) is 9.59 Å². The Morgan fingerprint density at radius 1 is 1.04 bits per heavy atom. The maximum atomic E-state index is 12.6. The number of aliphatic hydroxyl groups excluding tert-OH is 1. The van der Waals surface area contributed by atoms with Crippen LogP contribution in [0.2, 0.25) is 0 Å². The number of hydrogen-bond donors (Lipinski definition) is 3. The number of rotatable bonds is 5. The smallest absolute Gasteiger partial charge is 0.243 e. The van der Waals surface area contributed by atoms with Gasteiger partial charge in [-0.3, -0.25) is 9.59 Å². The lowest BCUT2D eigenvalue weighted by Crippen LogP contribution is -2.50. The molecule has 5 nitrogen and oxygen atoms in total. The quantitative estimate of drug-likeness (QED) is 0.782. The molecule has 0 spiro atoms. The summed E-state index contributed by atoms with van der Waals surface area (Å²) < 4.78 is 0. The summed E-state index contributed by atoms with van der Waals surface area (Å²) >= 11 is 0. The standard InChI is InChI=1S/C20H22N2O3/c23-17-13-7-12-16(21-17)20(25)22-18(14-8-3-1-4-9-14)19(24)15-10-5-2-6-11-15/h1-6,8-11,16,18-19,24H,7,12-13H2,(H,21,23)(H,22,25)/t16?,18-,19+/m0/s1. The number of carbonyl (C=O) groups is 2. The lowest BCUT2D eigenvalue weighted by molar-refractivity contribution is -0.131. The molecule has 3 N–H and O–H groups in total. The number of amides is 2. The van der Waals surface area contributed by atoms with Gasteiger partial charge in [-0.15, -0.1) is 0 Å². The van der Waals surface area contributed by atoms with Crippen LogP contribution in [0.3, 0.4) is 0 Å². The number of carbonyl (C=O) groups excluding carboxylic acids is 2. The van der Waals surface area contributed by atoms with Crippen molar-refractivity contribution in [3.8, 4) is 0 Å². The van der Waals surface area contributed by atoms with Crippen molar-refractivity contribution >= 4 is 11.8 Å². The average Bonchev–Trinajstić information content (AvgIpc) is 2.67. The van der Waals surface area contributed by atoms with Crippen molar-refractivity contribution in [2.75, 3.05) is 0 Å². The number of benzene rings is 2. The molecule has 2 aromatic carbocycles. The molecule has 3 rings (SSSR count). The first-order valence-corrected chi connectivity index (χ1v) is 8.53. The van der Waals surface area contributed by atoms with E-state index in [0.717, 1.165) is 11.1 Å². The van der Waals surface area contributed by atoms with Crippen LogP contribution in [0, 0.1) is 0 Å². The number of piperidine rings is 1. The van der Waals surface area contributed by atoms with E-state index in [9.17, 15) is 14.7 Å². The summed E-state index contributed by atoms with van der Waals surface area (Å²) in [6, 6.07) is 17.5.